The van der Waals surface area contributed by atoms with Crippen LogP contribution in [0.25, 0.3) is 0 Å². The van der Waals surface area contributed by atoms with E-state index in [9.17, 15) is 20.1 Å². The topological polar surface area (TPSA) is 127 Å². The smallest absolute Gasteiger partial charge is 0.333 e. The molecule has 0 spiro atoms. The fraction of sp³-hybridized carbons (Fsp3) is 0.750. The number of esters is 1. The predicted octanol–water partition coefficient (Wildman–Crippen LogP) is -1.68. The minimum atomic E-state index is -1.73. The van der Waals surface area contributed by atoms with Gasteiger partial charge in [0, 0.05) is 5.57 Å². The first-order chi connectivity index (χ1) is 8.72. The number of rotatable bonds is 7. The Kier molecular flexibility index (Phi) is 7.81. The van der Waals surface area contributed by atoms with Gasteiger partial charge < -0.3 is 30.3 Å². The van der Waals surface area contributed by atoms with E-state index in [-0.39, 0.29) is 0 Å². The molecule has 19 heavy (non-hydrogen) atoms. The van der Waals surface area contributed by atoms with Gasteiger partial charge in [0.2, 0.25) is 0 Å². The third-order valence-corrected chi connectivity index (χ3v) is 2.77. The van der Waals surface area contributed by atoms with Crippen LogP contribution in [0.2, 0.25) is 0 Å². The molecule has 4 atom stereocenters. The second-order valence-electron chi connectivity index (χ2n) is 4.52. The van der Waals surface area contributed by atoms with Crippen LogP contribution in [0.4, 0.5) is 0 Å². The lowest BCUT2D eigenvalue weighted by molar-refractivity contribution is -0.152. The molecule has 0 unspecified atom stereocenters. The average molecular weight is 278 g/mol. The van der Waals surface area contributed by atoms with Crippen LogP contribution in [-0.2, 0) is 9.53 Å². The molecule has 0 aromatic heterocycles. The Morgan fingerprint density at radius 2 is 1.47 bits per heavy atom. The minimum absolute atomic E-state index is 0.387. The molecule has 0 saturated heterocycles. The maximum absolute atomic E-state index is 11.4. The van der Waals surface area contributed by atoms with Crippen LogP contribution in [0.5, 0.6) is 0 Å². The lowest BCUT2D eigenvalue weighted by atomic mass is 10.0. The van der Waals surface area contributed by atoms with Gasteiger partial charge in [0.25, 0.3) is 0 Å². The van der Waals surface area contributed by atoms with Gasteiger partial charge >= 0.3 is 5.97 Å². The molecule has 0 bridgehead atoms. The van der Waals surface area contributed by atoms with Crippen molar-refractivity contribution in [2.24, 2.45) is 0 Å². The van der Waals surface area contributed by atoms with Crippen molar-refractivity contribution >= 4 is 5.97 Å². The zero-order valence-electron chi connectivity index (χ0n) is 11.3. The second-order valence-corrected chi connectivity index (χ2v) is 4.52. The molecule has 0 aliphatic heterocycles. The summed E-state index contributed by atoms with van der Waals surface area (Å²) in [6.07, 6.45) is -6.62. The van der Waals surface area contributed by atoms with Crippen LogP contribution in [-0.4, -0.2) is 69.1 Å². The van der Waals surface area contributed by atoms with E-state index in [1.807, 2.05) is 0 Å². The van der Waals surface area contributed by atoms with Crippen molar-refractivity contribution in [1.82, 2.24) is 0 Å². The minimum Gasteiger partial charge on any atom is -0.459 e. The lowest BCUT2D eigenvalue weighted by Gasteiger charge is -2.25. The van der Waals surface area contributed by atoms with Gasteiger partial charge in [0.15, 0.2) is 0 Å². The summed E-state index contributed by atoms with van der Waals surface area (Å²) in [6, 6.07) is 0. The number of hydrogen-bond acceptors (Lipinski definition) is 7. The predicted molar refractivity (Wildman–Crippen MR) is 66.1 cm³/mol. The van der Waals surface area contributed by atoms with E-state index in [0.29, 0.717) is 5.57 Å². The molecular formula is C12H22O7. The second kappa shape index (κ2) is 8.23. The van der Waals surface area contributed by atoms with Gasteiger partial charge in [-0.2, -0.15) is 0 Å². The molecule has 5 N–H and O–H groups in total. The van der Waals surface area contributed by atoms with E-state index in [1.165, 1.54) is 0 Å². The van der Waals surface area contributed by atoms with Crippen molar-refractivity contribution in [2.75, 3.05) is 13.2 Å². The van der Waals surface area contributed by atoms with Gasteiger partial charge in [0.1, 0.15) is 31.0 Å². The van der Waals surface area contributed by atoms with Gasteiger partial charge in [-0.15, -0.1) is 0 Å². The lowest BCUT2D eigenvalue weighted by Crippen LogP contribution is -2.47. The molecule has 7 nitrogen and oxygen atoms in total. The number of aliphatic hydroxyl groups is 5. The summed E-state index contributed by atoms with van der Waals surface area (Å²) < 4.78 is 4.75. The Balaban J connectivity index is 4.36. The van der Waals surface area contributed by atoms with E-state index in [1.54, 1.807) is 20.8 Å². The number of allylic oxidation sites excluding steroid dienone is 1. The largest absolute Gasteiger partial charge is 0.459 e. The molecule has 0 aromatic carbocycles. The summed E-state index contributed by atoms with van der Waals surface area (Å²) in [7, 11) is 0. The van der Waals surface area contributed by atoms with Gasteiger partial charge in [-0.25, -0.2) is 4.79 Å². The molecular weight excluding hydrogens is 256 g/mol. The van der Waals surface area contributed by atoms with Crippen molar-refractivity contribution in [3.05, 3.63) is 11.1 Å². The highest BCUT2D eigenvalue weighted by atomic mass is 16.5. The average Bonchev–Trinajstić information content (AvgIpc) is 2.40. The molecule has 0 fully saturated rings. The SMILES string of the molecule is CC(C)=C(C)C(=O)OC[C@H](O)[C@@H](O)[C@H](O)[C@H](O)CO. The highest BCUT2D eigenvalue weighted by Crippen LogP contribution is 2.08. The Bertz CT molecular complexity index is 322. The molecule has 0 amide bonds. The van der Waals surface area contributed by atoms with Crippen molar-refractivity contribution in [2.45, 2.75) is 45.2 Å². The van der Waals surface area contributed by atoms with E-state index >= 15 is 0 Å². The fourth-order valence-electron chi connectivity index (χ4n) is 1.14. The number of aliphatic hydroxyl groups excluding tert-OH is 5. The van der Waals surface area contributed by atoms with Crippen LogP contribution in [0.1, 0.15) is 20.8 Å². The van der Waals surface area contributed by atoms with Crippen LogP contribution in [0.3, 0.4) is 0 Å². The molecule has 7 heteroatoms. The van der Waals surface area contributed by atoms with E-state index < -0.39 is 43.6 Å². The molecule has 0 aromatic rings. The summed E-state index contributed by atoms with van der Waals surface area (Å²) in [5.41, 5.74) is 1.15. The summed E-state index contributed by atoms with van der Waals surface area (Å²) in [4.78, 5) is 11.4. The quantitative estimate of drug-likeness (QED) is 0.278. The van der Waals surface area contributed by atoms with Crippen molar-refractivity contribution in [3.63, 3.8) is 0 Å². The van der Waals surface area contributed by atoms with E-state index in [0.717, 1.165) is 5.57 Å². The van der Waals surface area contributed by atoms with E-state index in [4.69, 9.17) is 14.9 Å². The molecule has 0 rings (SSSR count). The van der Waals surface area contributed by atoms with Crippen molar-refractivity contribution in [3.8, 4) is 0 Å². The molecule has 0 radical (unpaired) electrons. The first kappa shape index (κ1) is 18.0. The van der Waals surface area contributed by atoms with Crippen LogP contribution < -0.4 is 0 Å². The third-order valence-electron chi connectivity index (χ3n) is 2.77. The molecule has 112 valence electrons. The van der Waals surface area contributed by atoms with Crippen LogP contribution in [0, 0.1) is 0 Å². The third kappa shape index (κ3) is 5.66. The summed E-state index contributed by atoms with van der Waals surface area (Å²) >= 11 is 0. The Morgan fingerprint density at radius 3 is 1.89 bits per heavy atom. The van der Waals surface area contributed by atoms with Gasteiger partial charge in [-0.05, 0) is 20.8 Å². The van der Waals surface area contributed by atoms with Gasteiger partial charge in [-0.1, -0.05) is 5.57 Å². The number of carbonyl (C=O) groups excluding carboxylic acids is 1. The van der Waals surface area contributed by atoms with Crippen LogP contribution in [0.15, 0.2) is 11.1 Å². The molecule has 0 heterocycles. The van der Waals surface area contributed by atoms with Crippen LogP contribution >= 0.6 is 0 Å². The Labute approximate surface area is 111 Å². The summed E-state index contributed by atoms with van der Waals surface area (Å²) in [5, 5.41) is 46.0. The molecule has 0 aliphatic carbocycles. The van der Waals surface area contributed by atoms with Gasteiger partial charge in [-0.3, -0.25) is 0 Å². The summed E-state index contributed by atoms with van der Waals surface area (Å²) in [6.45, 7) is 3.72. The first-order valence-electron chi connectivity index (χ1n) is 5.86. The fourth-order valence-corrected chi connectivity index (χ4v) is 1.14. The van der Waals surface area contributed by atoms with Crippen molar-refractivity contribution in [1.29, 1.82) is 0 Å². The zero-order valence-corrected chi connectivity index (χ0v) is 11.3. The summed E-state index contributed by atoms with van der Waals surface area (Å²) in [5.74, 6) is -0.636. The Morgan fingerprint density at radius 1 is 1.00 bits per heavy atom. The number of hydrogen-bond donors (Lipinski definition) is 5. The highest BCUT2D eigenvalue weighted by Gasteiger charge is 2.30. The standard InChI is InChI=1S/C12H22O7/c1-6(2)7(3)12(18)19-5-9(15)11(17)10(16)8(14)4-13/h8-11,13-17H,4-5H2,1-3H3/t8-,9+,10-,11-/m1/s1. The normalized spacial score (nSPS) is 17.3. The molecule has 0 aliphatic rings. The van der Waals surface area contributed by atoms with Gasteiger partial charge in [0.05, 0.1) is 6.61 Å². The molecule has 0 saturated carbocycles. The first-order valence-corrected chi connectivity index (χ1v) is 5.86. The maximum atomic E-state index is 11.4. The highest BCUT2D eigenvalue weighted by molar-refractivity contribution is 5.88. The van der Waals surface area contributed by atoms with Crippen molar-refractivity contribution < 1.29 is 35.1 Å². The van der Waals surface area contributed by atoms with E-state index in [2.05, 4.69) is 0 Å². The monoisotopic (exact) mass is 278 g/mol. The number of carbonyl (C=O) groups is 1. The Hall–Kier alpha value is -0.990. The number of ether oxygens (including phenoxy) is 1. The maximum Gasteiger partial charge on any atom is 0.333 e. The zero-order chi connectivity index (χ0) is 15.2.